The number of hydrogen-bond donors (Lipinski definition) is 3. The van der Waals surface area contributed by atoms with Gasteiger partial charge >= 0.3 is 0 Å². The number of hydrogen-bond acceptors (Lipinski definition) is 4. The Morgan fingerprint density at radius 2 is 2.20 bits per heavy atom. The summed E-state index contributed by atoms with van der Waals surface area (Å²) in [7, 11) is 0. The lowest BCUT2D eigenvalue weighted by Gasteiger charge is -2.35. The number of benzene rings is 1. The number of halogens is 2. The minimum Gasteiger partial charge on any atom is -0.389 e. The second-order valence-corrected chi connectivity index (χ2v) is 7.16. The van der Waals surface area contributed by atoms with E-state index in [0.717, 1.165) is 9.09 Å². The van der Waals surface area contributed by atoms with Crippen LogP contribution >= 0.6 is 22.6 Å². The van der Waals surface area contributed by atoms with Gasteiger partial charge in [-0.3, -0.25) is 9.78 Å². The second kappa shape index (κ2) is 6.26. The second-order valence-electron chi connectivity index (χ2n) is 5.91. The average Bonchev–Trinajstić information content (AvgIpc) is 2.92. The number of pyridine rings is 1. The third-order valence-electron chi connectivity index (χ3n) is 4.15. The fourth-order valence-corrected chi connectivity index (χ4v) is 3.28. The molecule has 8 heteroatoms. The number of H-pyrrole nitrogens is 1. The van der Waals surface area contributed by atoms with E-state index in [2.05, 4.69) is 15.3 Å². The van der Waals surface area contributed by atoms with Crippen molar-refractivity contribution in [1.29, 1.82) is 0 Å². The van der Waals surface area contributed by atoms with E-state index >= 15 is 0 Å². The summed E-state index contributed by atoms with van der Waals surface area (Å²) >= 11 is 2.04. The largest absolute Gasteiger partial charge is 0.389 e. The van der Waals surface area contributed by atoms with Crippen LogP contribution in [0.1, 0.15) is 10.5 Å². The zero-order chi connectivity index (χ0) is 17.6. The molecule has 0 saturated carbocycles. The first-order chi connectivity index (χ1) is 12.0. The molecule has 6 nitrogen and oxygen atoms in total. The number of anilines is 2. The van der Waals surface area contributed by atoms with Crippen LogP contribution in [0.25, 0.3) is 10.9 Å². The summed E-state index contributed by atoms with van der Waals surface area (Å²) in [4.78, 5) is 21.4. The fraction of sp³-hybridized carbons (Fsp3) is 0.176. The molecule has 1 aliphatic rings. The molecule has 0 bridgehead atoms. The van der Waals surface area contributed by atoms with Crippen LogP contribution in [-0.4, -0.2) is 45.1 Å². The highest BCUT2D eigenvalue weighted by Crippen LogP contribution is 2.32. The maximum atomic E-state index is 14.2. The minimum absolute atomic E-state index is 0.241. The fourth-order valence-electron chi connectivity index (χ4n) is 2.83. The number of fused-ring (bicyclic) bond motifs is 1. The highest BCUT2D eigenvalue weighted by atomic mass is 127. The lowest BCUT2D eigenvalue weighted by atomic mass is 10.1. The molecule has 2 aromatic heterocycles. The molecule has 0 atom stereocenters. The normalized spacial score (nSPS) is 14.6. The van der Waals surface area contributed by atoms with Crippen LogP contribution in [0.4, 0.5) is 15.8 Å². The first kappa shape index (κ1) is 16.3. The topological polar surface area (TPSA) is 81.2 Å². The molecule has 0 spiro atoms. The van der Waals surface area contributed by atoms with Crippen molar-refractivity contribution in [2.24, 2.45) is 0 Å². The maximum absolute atomic E-state index is 14.2. The number of rotatable bonds is 3. The van der Waals surface area contributed by atoms with Crippen LogP contribution in [-0.2, 0) is 0 Å². The Kier molecular flexibility index (Phi) is 4.08. The summed E-state index contributed by atoms with van der Waals surface area (Å²) in [6, 6.07) is 6.59. The number of aromatic amines is 1. The molecular formula is C17H14FIN4O2. The lowest BCUT2D eigenvalue weighted by molar-refractivity contribution is 0.00563. The van der Waals surface area contributed by atoms with E-state index in [4.69, 9.17) is 0 Å². The number of aromatic nitrogens is 2. The molecule has 0 aliphatic carbocycles. The van der Waals surface area contributed by atoms with Crippen LogP contribution in [0.3, 0.4) is 0 Å². The summed E-state index contributed by atoms with van der Waals surface area (Å²) in [6.07, 6.45) is 2.76. The van der Waals surface area contributed by atoms with E-state index in [-0.39, 0.29) is 11.6 Å². The smallest absolute Gasteiger partial charge is 0.272 e. The van der Waals surface area contributed by atoms with Crippen LogP contribution in [0.5, 0.6) is 0 Å². The van der Waals surface area contributed by atoms with Gasteiger partial charge in [-0.2, -0.15) is 0 Å². The molecule has 1 fully saturated rings. The van der Waals surface area contributed by atoms with Crippen LogP contribution in [0.2, 0.25) is 0 Å². The predicted molar refractivity (Wildman–Crippen MR) is 100 cm³/mol. The van der Waals surface area contributed by atoms with Gasteiger partial charge in [0.2, 0.25) is 0 Å². The number of aliphatic hydroxyl groups is 1. The average molecular weight is 452 g/mol. The molecule has 4 rings (SSSR count). The van der Waals surface area contributed by atoms with Crippen molar-refractivity contribution in [1.82, 2.24) is 14.9 Å². The van der Waals surface area contributed by atoms with Gasteiger partial charge in [0.15, 0.2) is 0 Å². The zero-order valence-electron chi connectivity index (χ0n) is 13.0. The summed E-state index contributed by atoms with van der Waals surface area (Å²) in [6.45, 7) is 0.591. The third-order valence-corrected chi connectivity index (χ3v) is 4.83. The highest BCUT2D eigenvalue weighted by molar-refractivity contribution is 14.1. The Hall–Kier alpha value is -2.20. The van der Waals surface area contributed by atoms with Crippen LogP contribution in [0.15, 0.2) is 36.7 Å². The number of aliphatic hydroxyl groups excluding tert-OH is 1. The van der Waals surface area contributed by atoms with Gasteiger partial charge in [0.25, 0.3) is 5.91 Å². The van der Waals surface area contributed by atoms with Crippen molar-refractivity contribution in [3.8, 4) is 0 Å². The molecule has 3 aromatic rings. The van der Waals surface area contributed by atoms with E-state index in [1.165, 1.54) is 11.0 Å². The van der Waals surface area contributed by atoms with Gasteiger partial charge in [0.05, 0.1) is 23.0 Å². The monoisotopic (exact) mass is 452 g/mol. The summed E-state index contributed by atoms with van der Waals surface area (Å²) in [5.74, 6) is -0.641. The first-order valence-corrected chi connectivity index (χ1v) is 8.76. The molecule has 1 saturated heterocycles. The summed E-state index contributed by atoms with van der Waals surface area (Å²) in [5, 5.41) is 13.2. The van der Waals surface area contributed by atoms with Crippen molar-refractivity contribution in [2.75, 3.05) is 18.4 Å². The Morgan fingerprint density at radius 1 is 1.40 bits per heavy atom. The molecule has 128 valence electrons. The van der Waals surface area contributed by atoms with E-state index in [9.17, 15) is 14.3 Å². The number of likely N-dealkylation sites (tertiary alicyclic amines) is 1. The standard InChI is InChI=1S/C17H14FIN4O2/c18-12-5-9(19)1-2-14(12)22-15-11-6-20-4-3-13(11)21-16(15)17(25)23-7-10(24)8-23/h1-6,10,21-22,24H,7-8H2. The quantitative estimate of drug-likeness (QED) is 0.534. The number of nitrogens with one attached hydrogen (secondary N) is 2. The first-order valence-electron chi connectivity index (χ1n) is 7.68. The zero-order valence-corrected chi connectivity index (χ0v) is 15.1. The van der Waals surface area contributed by atoms with Gasteiger partial charge in [0, 0.05) is 34.4 Å². The minimum atomic E-state index is -0.486. The van der Waals surface area contributed by atoms with Gasteiger partial charge in [0.1, 0.15) is 11.5 Å². The van der Waals surface area contributed by atoms with Crippen molar-refractivity contribution >= 4 is 50.8 Å². The lowest BCUT2D eigenvalue weighted by Crippen LogP contribution is -2.53. The molecule has 0 unspecified atom stereocenters. The molecule has 25 heavy (non-hydrogen) atoms. The number of carbonyl (C=O) groups excluding carboxylic acids is 1. The van der Waals surface area contributed by atoms with Crippen molar-refractivity contribution in [3.05, 3.63) is 51.7 Å². The van der Waals surface area contributed by atoms with E-state index in [1.54, 1.807) is 30.6 Å². The Bertz CT molecular complexity index is 968. The highest BCUT2D eigenvalue weighted by Gasteiger charge is 2.32. The molecular weight excluding hydrogens is 438 g/mol. The molecule has 1 aromatic carbocycles. The molecule has 3 heterocycles. The number of amides is 1. The molecule has 1 amide bonds. The van der Waals surface area contributed by atoms with Crippen molar-refractivity contribution in [3.63, 3.8) is 0 Å². The third kappa shape index (κ3) is 2.95. The number of carbonyl (C=O) groups is 1. The van der Waals surface area contributed by atoms with Gasteiger partial charge in [-0.1, -0.05) is 0 Å². The van der Waals surface area contributed by atoms with Gasteiger partial charge in [-0.05, 0) is 46.9 Å². The maximum Gasteiger partial charge on any atom is 0.272 e. The predicted octanol–water partition coefficient (Wildman–Crippen LogP) is 2.87. The van der Waals surface area contributed by atoms with Crippen molar-refractivity contribution in [2.45, 2.75) is 6.10 Å². The van der Waals surface area contributed by atoms with Gasteiger partial charge in [-0.25, -0.2) is 4.39 Å². The van der Waals surface area contributed by atoms with E-state index < -0.39 is 11.9 Å². The number of β-amino-alcohol motifs (C(OH)–C–C–N with tert-alkyl or cyclic N) is 1. The molecule has 0 radical (unpaired) electrons. The van der Waals surface area contributed by atoms with Crippen LogP contribution < -0.4 is 5.32 Å². The van der Waals surface area contributed by atoms with Gasteiger partial charge < -0.3 is 20.3 Å². The summed E-state index contributed by atoms with van der Waals surface area (Å²) < 4.78 is 15.0. The SMILES string of the molecule is O=C(c1[nH]c2ccncc2c1Nc1ccc(I)cc1F)N1CC(O)C1. The Morgan fingerprint density at radius 3 is 2.92 bits per heavy atom. The van der Waals surface area contributed by atoms with Gasteiger partial charge in [-0.15, -0.1) is 0 Å². The molecule has 1 aliphatic heterocycles. The van der Waals surface area contributed by atoms with Crippen molar-refractivity contribution < 1.29 is 14.3 Å². The van der Waals surface area contributed by atoms with E-state index in [1.807, 2.05) is 22.6 Å². The Balaban J connectivity index is 1.78. The van der Waals surface area contributed by atoms with E-state index in [0.29, 0.717) is 29.9 Å². The van der Waals surface area contributed by atoms with Crippen LogP contribution in [0, 0.1) is 9.39 Å². The number of nitrogens with zero attached hydrogens (tertiary/aromatic N) is 2. The Labute approximate surface area is 156 Å². The summed E-state index contributed by atoms with van der Waals surface area (Å²) in [5.41, 5.74) is 1.82. The molecule has 3 N–H and O–H groups in total.